The molecular weight excluding hydrogens is 438 g/mol. The van der Waals surface area contributed by atoms with E-state index in [1.165, 1.54) is 0 Å². The zero-order valence-corrected chi connectivity index (χ0v) is 19.0. The van der Waals surface area contributed by atoms with Crippen LogP contribution in [-0.4, -0.2) is 48.6 Å². The fraction of sp³-hybridized carbons (Fsp3) is 0.269. The van der Waals surface area contributed by atoms with Crippen molar-refractivity contribution in [3.63, 3.8) is 0 Å². The number of allylic oxidation sites excluding steroid dienone is 3. The van der Waals surface area contributed by atoms with Gasteiger partial charge in [-0.1, -0.05) is 35.9 Å². The molecule has 0 bridgehead atoms. The summed E-state index contributed by atoms with van der Waals surface area (Å²) in [5.74, 6) is 1.74. The SMILES string of the molecule is O=C1CN(CCC=C2Cc3c(O)cccc3OC3=C2C=CCN3)CCN1c1ccc(Cl)cc1. The molecule has 0 unspecified atom stereocenters. The van der Waals surface area contributed by atoms with Crippen molar-refractivity contribution in [3.05, 3.63) is 88.3 Å². The highest BCUT2D eigenvalue weighted by Crippen LogP contribution is 2.37. The van der Waals surface area contributed by atoms with Crippen LogP contribution in [0.4, 0.5) is 5.69 Å². The van der Waals surface area contributed by atoms with Gasteiger partial charge in [-0.3, -0.25) is 9.69 Å². The zero-order chi connectivity index (χ0) is 22.8. The molecule has 0 radical (unpaired) electrons. The Morgan fingerprint density at radius 3 is 2.82 bits per heavy atom. The van der Waals surface area contributed by atoms with Gasteiger partial charge in [-0.15, -0.1) is 0 Å². The molecule has 2 aromatic carbocycles. The van der Waals surface area contributed by atoms with E-state index >= 15 is 0 Å². The molecule has 0 saturated carbocycles. The summed E-state index contributed by atoms with van der Waals surface area (Å²) in [5, 5.41) is 14.4. The normalized spacial score (nSPS) is 19.6. The minimum absolute atomic E-state index is 0.0994. The molecule has 1 amide bonds. The number of phenols is 1. The van der Waals surface area contributed by atoms with E-state index in [4.69, 9.17) is 16.3 Å². The standard InChI is InChI=1S/C26H26ClN3O3/c27-19-8-10-20(11-9-19)30-15-14-29(17-25(30)32)13-3-4-18-16-22-23(31)6-1-7-24(22)33-26-21(18)5-2-12-28-26/h1-2,4-11,28,31H,3,12-17H2. The number of anilines is 1. The Hall–Kier alpha value is -3.22. The smallest absolute Gasteiger partial charge is 0.241 e. The number of phenolic OH excluding ortho intramolecular Hbond substituents is 1. The number of dihydropyridines is 1. The lowest BCUT2D eigenvalue weighted by Gasteiger charge is -2.34. The molecule has 3 heterocycles. The van der Waals surface area contributed by atoms with Crippen molar-refractivity contribution in [1.82, 2.24) is 10.2 Å². The second kappa shape index (κ2) is 9.33. The number of hydrogen-bond acceptors (Lipinski definition) is 5. The predicted octanol–water partition coefficient (Wildman–Crippen LogP) is 4.02. The quantitative estimate of drug-likeness (QED) is 0.717. The van der Waals surface area contributed by atoms with Crippen molar-refractivity contribution >= 4 is 23.2 Å². The molecule has 6 nitrogen and oxygen atoms in total. The summed E-state index contributed by atoms with van der Waals surface area (Å²) in [6.45, 7) is 3.37. The van der Waals surface area contributed by atoms with E-state index in [0.717, 1.165) is 47.8 Å². The molecule has 170 valence electrons. The highest BCUT2D eigenvalue weighted by atomic mass is 35.5. The number of hydrogen-bond donors (Lipinski definition) is 2. The number of fused-ring (bicyclic) bond motifs is 1. The second-order valence-corrected chi connectivity index (χ2v) is 8.81. The Labute approximate surface area is 198 Å². The largest absolute Gasteiger partial charge is 0.508 e. The Kier molecular flexibility index (Phi) is 6.11. The van der Waals surface area contributed by atoms with Crippen molar-refractivity contribution in [2.75, 3.05) is 37.6 Å². The molecule has 7 heteroatoms. The van der Waals surface area contributed by atoms with Crippen LogP contribution in [0.25, 0.3) is 0 Å². The van der Waals surface area contributed by atoms with Gasteiger partial charge in [-0.05, 0) is 48.4 Å². The fourth-order valence-electron chi connectivity index (χ4n) is 4.48. The molecule has 0 aliphatic carbocycles. The molecule has 1 saturated heterocycles. The summed E-state index contributed by atoms with van der Waals surface area (Å²) < 4.78 is 6.09. The number of benzene rings is 2. The summed E-state index contributed by atoms with van der Waals surface area (Å²) in [6.07, 6.45) is 7.75. The summed E-state index contributed by atoms with van der Waals surface area (Å²) in [7, 11) is 0. The van der Waals surface area contributed by atoms with Gasteiger partial charge in [0.2, 0.25) is 11.8 Å². The predicted molar refractivity (Wildman–Crippen MR) is 130 cm³/mol. The third-order valence-electron chi connectivity index (χ3n) is 6.22. The van der Waals surface area contributed by atoms with Crippen molar-refractivity contribution in [2.24, 2.45) is 0 Å². The zero-order valence-electron chi connectivity index (χ0n) is 18.3. The Bertz CT molecular complexity index is 1150. The summed E-state index contributed by atoms with van der Waals surface area (Å²) in [4.78, 5) is 16.7. The molecule has 3 aliphatic rings. The van der Waals surface area contributed by atoms with Gasteiger partial charge in [-0.2, -0.15) is 0 Å². The van der Waals surface area contributed by atoms with Gasteiger partial charge in [0.1, 0.15) is 11.5 Å². The van der Waals surface area contributed by atoms with Gasteiger partial charge >= 0.3 is 0 Å². The van der Waals surface area contributed by atoms with Crippen molar-refractivity contribution in [3.8, 4) is 11.5 Å². The maximum Gasteiger partial charge on any atom is 0.241 e. The minimum atomic E-state index is 0.0994. The van der Waals surface area contributed by atoms with Crippen LogP contribution in [-0.2, 0) is 11.2 Å². The number of amides is 1. The number of rotatable bonds is 4. The minimum Gasteiger partial charge on any atom is -0.508 e. The molecular formula is C26H26ClN3O3. The van der Waals surface area contributed by atoms with Crippen LogP contribution in [0.1, 0.15) is 12.0 Å². The van der Waals surface area contributed by atoms with E-state index < -0.39 is 0 Å². The maximum absolute atomic E-state index is 12.7. The van der Waals surface area contributed by atoms with Crippen LogP contribution in [0, 0.1) is 0 Å². The first kappa shape index (κ1) is 21.6. The van der Waals surface area contributed by atoms with Gasteiger partial charge < -0.3 is 20.1 Å². The summed E-state index contributed by atoms with van der Waals surface area (Å²) in [6, 6.07) is 12.8. The van der Waals surface area contributed by atoms with Gasteiger partial charge in [0.05, 0.1) is 6.54 Å². The third-order valence-corrected chi connectivity index (χ3v) is 6.47. The number of piperazine rings is 1. The van der Waals surface area contributed by atoms with Crippen LogP contribution in [0.15, 0.2) is 77.7 Å². The Balaban J connectivity index is 1.27. The van der Waals surface area contributed by atoms with Crippen LogP contribution in [0.2, 0.25) is 5.02 Å². The van der Waals surface area contributed by atoms with Gasteiger partial charge in [0.25, 0.3) is 0 Å². The molecule has 0 atom stereocenters. The van der Waals surface area contributed by atoms with E-state index in [1.807, 2.05) is 35.2 Å². The highest BCUT2D eigenvalue weighted by molar-refractivity contribution is 6.30. The number of nitrogens with one attached hydrogen (secondary N) is 1. The first-order valence-electron chi connectivity index (χ1n) is 11.2. The van der Waals surface area contributed by atoms with Crippen LogP contribution >= 0.6 is 11.6 Å². The fourth-order valence-corrected chi connectivity index (χ4v) is 4.60. The second-order valence-electron chi connectivity index (χ2n) is 8.37. The number of carbonyl (C=O) groups excluding carboxylic acids is 1. The van der Waals surface area contributed by atoms with Crippen LogP contribution < -0.4 is 15.0 Å². The average molecular weight is 464 g/mol. The Morgan fingerprint density at radius 2 is 2.00 bits per heavy atom. The molecule has 5 rings (SSSR count). The summed E-state index contributed by atoms with van der Waals surface area (Å²) in [5.41, 5.74) is 3.81. The van der Waals surface area contributed by atoms with Gasteiger partial charge in [-0.25, -0.2) is 0 Å². The number of aromatic hydroxyl groups is 1. The van der Waals surface area contributed by atoms with E-state index in [2.05, 4.69) is 28.4 Å². The maximum atomic E-state index is 12.7. The number of ether oxygens (including phenoxy) is 1. The van der Waals surface area contributed by atoms with E-state index in [1.54, 1.807) is 12.1 Å². The molecule has 0 spiro atoms. The van der Waals surface area contributed by atoms with E-state index in [0.29, 0.717) is 36.8 Å². The Morgan fingerprint density at radius 1 is 1.15 bits per heavy atom. The molecule has 33 heavy (non-hydrogen) atoms. The average Bonchev–Trinajstić information content (AvgIpc) is 2.98. The van der Waals surface area contributed by atoms with E-state index in [-0.39, 0.29) is 11.7 Å². The van der Waals surface area contributed by atoms with Crippen molar-refractivity contribution in [1.29, 1.82) is 0 Å². The number of carbonyl (C=O) groups is 1. The lowest BCUT2D eigenvalue weighted by atomic mass is 9.95. The lowest BCUT2D eigenvalue weighted by molar-refractivity contribution is -0.121. The molecule has 2 N–H and O–H groups in total. The third kappa shape index (κ3) is 4.63. The molecule has 1 fully saturated rings. The van der Waals surface area contributed by atoms with Crippen LogP contribution in [0.3, 0.4) is 0 Å². The van der Waals surface area contributed by atoms with Crippen molar-refractivity contribution < 1.29 is 14.6 Å². The first-order chi connectivity index (χ1) is 16.1. The van der Waals surface area contributed by atoms with E-state index in [9.17, 15) is 9.90 Å². The van der Waals surface area contributed by atoms with Crippen LogP contribution in [0.5, 0.6) is 11.5 Å². The monoisotopic (exact) mass is 463 g/mol. The first-order valence-corrected chi connectivity index (χ1v) is 11.6. The van der Waals surface area contributed by atoms with Crippen molar-refractivity contribution in [2.45, 2.75) is 12.8 Å². The van der Waals surface area contributed by atoms with Gasteiger partial charge in [0.15, 0.2) is 0 Å². The molecule has 2 aromatic rings. The lowest BCUT2D eigenvalue weighted by Crippen LogP contribution is -2.50. The topological polar surface area (TPSA) is 65.0 Å². The summed E-state index contributed by atoms with van der Waals surface area (Å²) >= 11 is 5.97. The highest BCUT2D eigenvalue weighted by Gasteiger charge is 2.26. The number of halogens is 1. The van der Waals surface area contributed by atoms with Gasteiger partial charge in [0, 0.05) is 54.4 Å². The molecule has 3 aliphatic heterocycles. The molecule has 0 aromatic heterocycles. The number of nitrogens with zero attached hydrogens (tertiary/aromatic N) is 2.